The Morgan fingerprint density at radius 3 is 2.67 bits per heavy atom. The van der Waals surface area contributed by atoms with Crippen LogP contribution < -0.4 is 11.1 Å². The molecule has 2 heterocycles. The fourth-order valence-electron chi connectivity index (χ4n) is 1.77. The number of nitrogens with one attached hydrogen (secondary N) is 1. The summed E-state index contributed by atoms with van der Waals surface area (Å²) in [6.45, 7) is 0. The van der Waals surface area contributed by atoms with Crippen LogP contribution in [0.1, 0.15) is 10.5 Å². The fourth-order valence-corrected chi connectivity index (χ4v) is 1.77. The third-order valence-corrected chi connectivity index (χ3v) is 2.79. The molecule has 0 saturated heterocycles. The maximum atomic E-state index is 12.1. The normalized spacial score (nSPS) is 10.3. The third-order valence-electron chi connectivity index (χ3n) is 2.79. The molecule has 0 atom stereocenters. The van der Waals surface area contributed by atoms with Gasteiger partial charge in [-0.3, -0.25) is 4.79 Å². The molecule has 8 heteroatoms. The van der Waals surface area contributed by atoms with E-state index < -0.39 is 0 Å². The quantitative estimate of drug-likeness (QED) is 0.737. The second kappa shape index (κ2) is 5.37. The zero-order valence-electron chi connectivity index (χ0n) is 10.8. The highest BCUT2D eigenvalue weighted by molar-refractivity contribution is 6.06. The largest absolute Gasteiger partial charge is 0.397 e. The van der Waals surface area contributed by atoms with Gasteiger partial charge in [0.2, 0.25) is 0 Å². The van der Waals surface area contributed by atoms with Crippen molar-refractivity contribution in [3.05, 3.63) is 54.6 Å². The Hall–Kier alpha value is -3.29. The van der Waals surface area contributed by atoms with Gasteiger partial charge in [-0.2, -0.15) is 0 Å². The molecular weight excluding hydrogens is 270 g/mol. The SMILES string of the molecule is Nc1cccnc1C(=O)Nc1ccc(-n2cnnn2)cc1. The van der Waals surface area contributed by atoms with Gasteiger partial charge in [0.15, 0.2) is 5.69 Å². The standard InChI is InChI=1S/C13H11N7O/c14-11-2-1-7-15-12(11)13(21)17-9-3-5-10(6-4-9)20-8-16-18-19-20/h1-8H,14H2,(H,17,21). The molecule has 0 radical (unpaired) electrons. The Balaban J connectivity index is 1.77. The number of nitrogen functional groups attached to an aromatic ring is 1. The first-order valence-corrected chi connectivity index (χ1v) is 6.09. The van der Waals surface area contributed by atoms with Crippen molar-refractivity contribution in [3.63, 3.8) is 0 Å². The van der Waals surface area contributed by atoms with E-state index in [2.05, 4.69) is 25.8 Å². The number of tetrazole rings is 1. The molecule has 104 valence electrons. The second-order valence-electron chi connectivity index (χ2n) is 4.20. The van der Waals surface area contributed by atoms with E-state index >= 15 is 0 Å². The van der Waals surface area contributed by atoms with Gasteiger partial charge in [0.1, 0.15) is 6.33 Å². The third kappa shape index (κ3) is 2.68. The number of nitrogens with zero attached hydrogens (tertiary/aromatic N) is 5. The molecule has 1 amide bonds. The summed E-state index contributed by atoms with van der Waals surface area (Å²) in [5.41, 5.74) is 7.66. The molecular formula is C13H11N7O. The summed E-state index contributed by atoms with van der Waals surface area (Å²) in [5.74, 6) is -0.358. The van der Waals surface area contributed by atoms with Crippen molar-refractivity contribution < 1.29 is 4.79 Å². The molecule has 0 aliphatic rings. The van der Waals surface area contributed by atoms with E-state index in [-0.39, 0.29) is 11.6 Å². The summed E-state index contributed by atoms with van der Waals surface area (Å²) in [4.78, 5) is 16.0. The van der Waals surface area contributed by atoms with Crippen LogP contribution in [0.25, 0.3) is 5.69 Å². The first-order valence-electron chi connectivity index (χ1n) is 6.09. The van der Waals surface area contributed by atoms with Crippen LogP contribution in [0.5, 0.6) is 0 Å². The van der Waals surface area contributed by atoms with Gasteiger partial charge in [-0.25, -0.2) is 9.67 Å². The molecule has 0 bridgehead atoms. The summed E-state index contributed by atoms with van der Waals surface area (Å²) in [5, 5.41) is 13.6. The number of rotatable bonds is 3. The number of benzene rings is 1. The number of carbonyl (C=O) groups excluding carboxylic acids is 1. The minimum absolute atomic E-state index is 0.196. The van der Waals surface area contributed by atoms with Crippen molar-refractivity contribution in [3.8, 4) is 5.69 Å². The fraction of sp³-hybridized carbons (Fsp3) is 0. The molecule has 1 aromatic carbocycles. The van der Waals surface area contributed by atoms with Crippen LogP contribution in [0.2, 0.25) is 0 Å². The molecule has 0 aliphatic heterocycles. The molecule has 21 heavy (non-hydrogen) atoms. The zero-order valence-corrected chi connectivity index (χ0v) is 10.8. The van der Waals surface area contributed by atoms with Gasteiger partial charge in [-0.05, 0) is 46.8 Å². The number of hydrogen-bond donors (Lipinski definition) is 2. The van der Waals surface area contributed by atoms with Crippen LogP contribution in [0, 0.1) is 0 Å². The van der Waals surface area contributed by atoms with E-state index in [0.717, 1.165) is 5.69 Å². The van der Waals surface area contributed by atoms with Crippen LogP contribution in [0.15, 0.2) is 48.9 Å². The molecule has 0 unspecified atom stereocenters. The minimum atomic E-state index is -0.358. The second-order valence-corrected chi connectivity index (χ2v) is 4.20. The number of amides is 1. The highest BCUT2D eigenvalue weighted by Gasteiger charge is 2.10. The van der Waals surface area contributed by atoms with E-state index in [1.165, 1.54) is 17.2 Å². The van der Waals surface area contributed by atoms with Crippen molar-refractivity contribution in [1.82, 2.24) is 25.2 Å². The number of pyridine rings is 1. The lowest BCUT2D eigenvalue weighted by Gasteiger charge is -2.07. The van der Waals surface area contributed by atoms with Gasteiger partial charge in [-0.1, -0.05) is 0 Å². The molecule has 8 nitrogen and oxygen atoms in total. The summed E-state index contributed by atoms with van der Waals surface area (Å²) in [6, 6.07) is 10.4. The molecule has 2 aromatic heterocycles. The van der Waals surface area contributed by atoms with Gasteiger partial charge in [0.25, 0.3) is 5.91 Å². The summed E-state index contributed by atoms with van der Waals surface area (Å²) in [7, 11) is 0. The van der Waals surface area contributed by atoms with Crippen LogP contribution in [0.4, 0.5) is 11.4 Å². The zero-order chi connectivity index (χ0) is 14.7. The average Bonchev–Trinajstić information content (AvgIpc) is 3.02. The first kappa shape index (κ1) is 12.7. The number of aromatic nitrogens is 5. The van der Waals surface area contributed by atoms with Crippen molar-refractivity contribution in [2.24, 2.45) is 0 Å². The number of carbonyl (C=O) groups is 1. The lowest BCUT2D eigenvalue weighted by Crippen LogP contribution is -2.15. The maximum absolute atomic E-state index is 12.1. The van der Waals surface area contributed by atoms with Crippen LogP contribution >= 0.6 is 0 Å². The summed E-state index contributed by atoms with van der Waals surface area (Å²) in [6.07, 6.45) is 3.01. The molecule has 0 aliphatic carbocycles. The van der Waals surface area contributed by atoms with Gasteiger partial charge in [0, 0.05) is 11.9 Å². The Bertz CT molecular complexity index is 752. The summed E-state index contributed by atoms with van der Waals surface area (Å²) < 4.78 is 1.52. The highest BCUT2D eigenvalue weighted by Crippen LogP contribution is 2.14. The smallest absolute Gasteiger partial charge is 0.276 e. The first-order chi connectivity index (χ1) is 10.2. The van der Waals surface area contributed by atoms with E-state index in [1.807, 2.05) is 0 Å². The monoisotopic (exact) mass is 281 g/mol. The average molecular weight is 281 g/mol. The van der Waals surface area contributed by atoms with Crippen molar-refractivity contribution in [2.45, 2.75) is 0 Å². The number of nitrogens with two attached hydrogens (primary N) is 1. The predicted molar refractivity (Wildman–Crippen MR) is 75.8 cm³/mol. The molecule has 3 N–H and O–H groups in total. The molecule has 0 fully saturated rings. The van der Waals surface area contributed by atoms with E-state index in [1.54, 1.807) is 36.4 Å². The number of hydrogen-bond acceptors (Lipinski definition) is 6. The van der Waals surface area contributed by atoms with Gasteiger partial charge >= 0.3 is 0 Å². The Morgan fingerprint density at radius 2 is 2.00 bits per heavy atom. The molecule has 3 rings (SSSR count). The van der Waals surface area contributed by atoms with Crippen LogP contribution in [-0.4, -0.2) is 31.1 Å². The van der Waals surface area contributed by atoms with Gasteiger partial charge in [0.05, 0.1) is 11.4 Å². The van der Waals surface area contributed by atoms with E-state index in [0.29, 0.717) is 11.4 Å². The lowest BCUT2D eigenvalue weighted by molar-refractivity contribution is 0.102. The maximum Gasteiger partial charge on any atom is 0.276 e. The van der Waals surface area contributed by atoms with E-state index in [4.69, 9.17) is 5.73 Å². The molecule has 0 saturated carbocycles. The highest BCUT2D eigenvalue weighted by atomic mass is 16.1. The lowest BCUT2D eigenvalue weighted by atomic mass is 10.2. The van der Waals surface area contributed by atoms with Crippen molar-refractivity contribution >= 4 is 17.3 Å². The van der Waals surface area contributed by atoms with Gasteiger partial charge < -0.3 is 11.1 Å². The Kier molecular flexibility index (Phi) is 3.26. The summed E-state index contributed by atoms with van der Waals surface area (Å²) >= 11 is 0. The van der Waals surface area contributed by atoms with Gasteiger partial charge in [-0.15, -0.1) is 5.10 Å². The van der Waals surface area contributed by atoms with Crippen LogP contribution in [-0.2, 0) is 0 Å². The Labute approximate surface area is 119 Å². The topological polar surface area (TPSA) is 112 Å². The van der Waals surface area contributed by atoms with Crippen molar-refractivity contribution in [2.75, 3.05) is 11.1 Å². The minimum Gasteiger partial charge on any atom is -0.397 e. The van der Waals surface area contributed by atoms with E-state index in [9.17, 15) is 4.79 Å². The molecule has 0 spiro atoms. The van der Waals surface area contributed by atoms with Crippen molar-refractivity contribution in [1.29, 1.82) is 0 Å². The van der Waals surface area contributed by atoms with Crippen LogP contribution in [0.3, 0.4) is 0 Å². The predicted octanol–water partition coefficient (Wildman–Crippen LogP) is 0.892. The molecule has 3 aromatic rings. The number of anilines is 2. The Morgan fingerprint density at radius 1 is 1.19 bits per heavy atom.